The molecular weight excluding hydrogens is 809 g/mol. The van der Waals surface area contributed by atoms with Gasteiger partial charge >= 0.3 is 0 Å². The highest BCUT2D eigenvalue weighted by molar-refractivity contribution is 5.76. The summed E-state index contributed by atoms with van der Waals surface area (Å²) < 4.78 is 0. The molecule has 6 heteroatoms. The van der Waals surface area contributed by atoms with Gasteiger partial charge in [0.25, 0.3) is 0 Å². The molecule has 1 amide bonds. The first-order chi connectivity index (χ1) is 28.3. The van der Waals surface area contributed by atoms with Crippen molar-refractivity contribution in [2.75, 3.05) is 55.4 Å². The van der Waals surface area contributed by atoms with Crippen molar-refractivity contribution in [2.24, 2.45) is 49.2 Å². The Morgan fingerprint density at radius 1 is 0.485 bits per heavy atom. The summed E-state index contributed by atoms with van der Waals surface area (Å²) in [5, 5.41) is 8.18. The van der Waals surface area contributed by atoms with Crippen LogP contribution in [0.15, 0.2) is 0 Å². The van der Waals surface area contributed by atoms with Crippen LogP contribution >= 0.6 is 0 Å². The number of rotatable bonds is 9. The molecular formula is C60H134N4O2. The minimum absolute atomic E-state index is 0. The van der Waals surface area contributed by atoms with E-state index in [1.807, 2.05) is 0 Å². The zero-order valence-corrected chi connectivity index (χ0v) is 52.2. The smallest absolute Gasteiger partial charge is 0.222 e. The quantitative estimate of drug-likeness (QED) is 0.230. The standard InChI is InChI=1S/C9H20.C8H17NO.C8H19N.C7H17N.C7H13N.C7H14O.C7H16.C6H14.CH4/c1-6-8(7-2)9(3,4)5;1-8(2,3)6-7(10)9(4)5;1-8(2,3)6-7-9(4)5;1-7(2,3)6-8(4)5;1-7(2,3)5-4-6-8;1-6(8)5-7(2,3)4;1-5-6-7(2,3)4;1-5-6(2,3)4;/h8H,6-7H2,1-5H3;6H2,1-5H3;6-7H2,1-5H3;6H2,1-5H3;4-5H2,1-3H3;5H2,1-4H3;5-6H2,1-4H3;5H2,1-4H3;1H4. The fraction of sp³-hybridized carbons (Fsp3) is 0.950. The number of nitrogens with zero attached hydrogens (tertiary/aromatic N) is 4. The lowest BCUT2D eigenvalue weighted by atomic mass is 9.78. The summed E-state index contributed by atoms with van der Waals surface area (Å²) in [5.41, 5.74) is 3.16. The highest BCUT2D eigenvalue weighted by Crippen LogP contribution is 2.30. The summed E-state index contributed by atoms with van der Waals surface area (Å²) in [6.45, 7) is 65.9. The lowest BCUT2D eigenvalue weighted by Gasteiger charge is -2.28. The molecule has 0 radical (unpaired) electrons. The average molecular weight is 944 g/mol. The summed E-state index contributed by atoms with van der Waals surface area (Å²) in [4.78, 5) is 27.6. The van der Waals surface area contributed by atoms with Gasteiger partial charge in [-0.15, -0.1) is 0 Å². The van der Waals surface area contributed by atoms with Gasteiger partial charge in [-0.3, -0.25) is 4.79 Å². The first kappa shape index (κ1) is 84.5. The number of carbonyl (C=O) groups excluding carboxylic acids is 2. The third-order valence-corrected chi connectivity index (χ3v) is 9.32. The van der Waals surface area contributed by atoms with E-state index in [9.17, 15) is 9.59 Å². The molecule has 0 heterocycles. The van der Waals surface area contributed by atoms with E-state index in [0.29, 0.717) is 51.8 Å². The Balaban J connectivity index is -0.0000000805. The predicted molar refractivity (Wildman–Crippen MR) is 307 cm³/mol. The van der Waals surface area contributed by atoms with Crippen LogP contribution in [0.1, 0.15) is 272 Å². The number of amides is 1. The van der Waals surface area contributed by atoms with Crippen molar-refractivity contribution in [3.05, 3.63) is 0 Å². The van der Waals surface area contributed by atoms with E-state index in [0.717, 1.165) is 18.9 Å². The summed E-state index contributed by atoms with van der Waals surface area (Å²) in [6, 6.07) is 2.12. The first-order valence-electron chi connectivity index (χ1n) is 25.6. The molecule has 0 spiro atoms. The van der Waals surface area contributed by atoms with Crippen LogP contribution in [0.25, 0.3) is 0 Å². The van der Waals surface area contributed by atoms with E-state index in [2.05, 4.69) is 238 Å². The Kier molecular flexibility index (Phi) is 52.9. The van der Waals surface area contributed by atoms with Gasteiger partial charge in [-0.1, -0.05) is 227 Å². The molecule has 0 aliphatic carbocycles. The second kappa shape index (κ2) is 41.3. The minimum atomic E-state index is 0. The van der Waals surface area contributed by atoms with Gasteiger partial charge in [0.15, 0.2) is 0 Å². The van der Waals surface area contributed by atoms with Crippen LogP contribution in [-0.2, 0) is 9.59 Å². The van der Waals surface area contributed by atoms with Crippen LogP contribution in [-0.4, -0.2) is 81.8 Å². The Labute approximate surface area is 422 Å². The summed E-state index contributed by atoms with van der Waals surface area (Å²) in [7, 11) is 12.0. The molecule has 0 atom stereocenters. The van der Waals surface area contributed by atoms with Gasteiger partial charge in [0.1, 0.15) is 5.78 Å². The number of ketones is 1. The van der Waals surface area contributed by atoms with Gasteiger partial charge in [-0.2, -0.15) is 5.26 Å². The largest absolute Gasteiger partial charge is 0.349 e. The molecule has 0 aromatic heterocycles. The second-order valence-electron chi connectivity index (χ2n) is 28.7. The lowest BCUT2D eigenvalue weighted by Crippen LogP contribution is -2.26. The van der Waals surface area contributed by atoms with Crippen molar-refractivity contribution in [2.45, 2.75) is 272 Å². The van der Waals surface area contributed by atoms with Crippen molar-refractivity contribution < 1.29 is 9.59 Å². The fourth-order valence-electron chi connectivity index (χ4n) is 5.56. The SMILES string of the molecule is C.CC(=O)CC(C)(C)C.CC(C)(C)CCC#N.CCC(C)(C)C.CCC(CC)C(C)(C)C.CCCC(C)(C)C.CN(C)C(=O)CC(C)(C)C.CN(C)CC(C)(C)C.CN(C)CCC(C)(C)C. The minimum Gasteiger partial charge on any atom is -0.349 e. The van der Waals surface area contributed by atoms with E-state index < -0.39 is 0 Å². The van der Waals surface area contributed by atoms with Crippen molar-refractivity contribution in [1.29, 1.82) is 5.26 Å². The molecule has 0 bridgehead atoms. The number of carbonyl (C=O) groups is 2. The van der Waals surface area contributed by atoms with Crippen LogP contribution < -0.4 is 0 Å². The molecule has 0 fully saturated rings. The second-order valence-corrected chi connectivity index (χ2v) is 28.7. The molecule has 0 saturated carbocycles. The molecule has 0 unspecified atom stereocenters. The maximum Gasteiger partial charge on any atom is 0.222 e. The average Bonchev–Trinajstić information content (AvgIpc) is 3.00. The van der Waals surface area contributed by atoms with Crippen molar-refractivity contribution in [3.63, 3.8) is 0 Å². The van der Waals surface area contributed by atoms with E-state index >= 15 is 0 Å². The van der Waals surface area contributed by atoms with Crippen LogP contribution in [0.3, 0.4) is 0 Å². The molecule has 0 saturated heterocycles. The normalized spacial score (nSPS) is 11.8. The maximum atomic E-state index is 11.1. The Hall–Kier alpha value is -1.45. The van der Waals surface area contributed by atoms with Gasteiger partial charge in [0.2, 0.25) is 5.91 Å². The van der Waals surface area contributed by atoms with E-state index in [4.69, 9.17) is 5.26 Å². The van der Waals surface area contributed by atoms with Crippen LogP contribution in [0.2, 0.25) is 0 Å². The maximum absolute atomic E-state index is 11.1. The van der Waals surface area contributed by atoms with Gasteiger partial charge < -0.3 is 19.5 Å². The highest BCUT2D eigenvalue weighted by atomic mass is 16.2. The monoisotopic (exact) mass is 943 g/mol. The van der Waals surface area contributed by atoms with Gasteiger partial charge in [-0.05, 0) is 110 Å². The third-order valence-electron chi connectivity index (χ3n) is 9.32. The van der Waals surface area contributed by atoms with Crippen LogP contribution in [0, 0.1) is 60.6 Å². The zero-order valence-electron chi connectivity index (χ0n) is 52.2. The highest BCUT2D eigenvalue weighted by Gasteiger charge is 2.20. The Morgan fingerprint density at radius 3 is 0.864 bits per heavy atom. The molecule has 0 N–H and O–H groups in total. The zero-order chi connectivity index (χ0) is 54.7. The topological polar surface area (TPSA) is 67.6 Å². The third kappa shape index (κ3) is 114. The van der Waals surface area contributed by atoms with Gasteiger partial charge in [-0.25, -0.2) is 0 Å². The fourth-order valence-corrected chi connectivity index (χ4v) is 5.56. The molecule has 0 aromatic carbocycles. The number of hydrogen-bond donors (Lipinski definition) is 0. The molecule has 6 nitrogen and oxygen atoms in total. The number of nitriles is 1. The predicted octanol–water partition coefficient (Wildman–Crippen LogP) is 18.8. The molecule has 406 valence electrons. The van der Waals surface area contributed by atoms with Crippen LogP contribution in [0.4, 0.5) is 0 Å². The first-order valence-corrected chi connectivity index (χ1v) is 25.6. The molecule has 0 aliphatic rings. The summed E-state index contributed by atoms with van der Waals surface area (Å²) in [5.74, 6) is 1.38. The van der Waals surface area contributed by atoms with Crippen molar-refractivity contribution >= 4 is 11.7 Å². The van der Waals surface area contributed by atoms with E-state index in [-0.39, 0.29) is 29.9 Å². The molecule has 0 rings (SSSR count). The number of Topliss-reactive ketones (excluding diaryl/α,β-unsaturated/α-hetero) is 1. The van der Waals surface area contributed by atoms with Crippen molar-refractivity contribution in [1.82, 2.24) is 14.7 Å². The van der Waals surface area contributed by atoms with Crippen molar-refractivity contribution in [3.8, 4) is 6.07 Å². The number of hydrogen-bond acceptors (Lipinski definition) is 5. The molecule has 0 aromatic rings. The van der Waals surface area contributed by atoms with E-state index in [1.54, 1.807) is 25.9 Å². The summed E-state index contributed by atoms with van der Waals surface area (Å²) in [6.07, 6.45) is 10.8. The summed E-state index contributed by atoms with van der Waals surface area (Å²) >= 11 is 0. The molecule has 66 heavy (non-hydrogen) atoms. The Morgan fingerprint density at radius 2 is 0.818 bits per heavy atom. The van der Waals surface area contributed by atoms with E-state index in [1.165, 1.54) is 45.1 Å². The van der Waals surface area contributed by atoms with Gasteiger partial charge in [0, 0.05) is 39.9 Å². The lowest BCUT2D eigenvalue weighted by molar-refractivity contribution is -0.130. The van der Waals surface area contributed by atoms with Crippen LogP contribution in [0.5, 0.6) is 0 Å². The van der Waals surface area contributed by atoms with Gasteiger partial charge in [0.05, 0.1) is 6.07 Å². The molecule has 0 aliphatic heterocycles. The Bertz CT molecular complexity index is 1100.